The maximum atomic E-state index is 12.9. The van der Waals surface area contributed by atoms with E-state index in [9.17, 15) is 9.59 Å². The molecule has 1 aromatic heterocycles. The van der Waals surface area contributed by atoms with Crippen molar-refractivity contribution in [1.29, 1.82) is 0 Å². The number of amides is 1. The maximum absolute atomic E-state index is 12.9. The predicted octanol–water partition coefficient (Wildman–Crippen LogP) is 1.69. The van der Waals surface area contributed by atoms with Crippen LogP contribution in [0.2, 0.25) is 0 Å². The number of benzene rings is 1. The van der Waals surface area contributed by atoms with Crippen molar-refractivity contribution < 1.29 is 4.79 Å². The standard InChI is InChI=1S/C21H26N4O2/c1-13-17(21(27)23-14(2)22-13)9-19(26)25-11-16-10-24(3)20(18(16)12-25)15-7-5-4-6-8-15/h4-8,16,18,20H,9-12H2,1-3H3,(H,22,23,27)/t16-,18+,20-/m0/s1. The van der Waals surface area contributed by atoms with Gasteiger partial charge in [0.25, 0.3) is 5.56 Å². The van der Waals surface area contributed by atoms with Gasteiger partial charge in [0.2, 0.25) is 5.91 Å². The van der Waals surface area contributed by atoms with E-state index >= 15 is 0 Å². The van der Waals surface area contributed by atoms with Gasteiger partial charge in [-0.2, -0.15) is 0 Å². The minimum Gasteiger partial charge on any atom is -0.342 e. The predicted molar refractivity (Wildman–Crippen MR) is 103 cm³/mol. The van der Waals surface area contributed by atoms with Gasteiger partial charge in [0.1, 0.15) is 5.82 Å². The van der Waals surface area contributed by atoms with Gasteiger partial charge in [-0.15, -0.1) is 0 Å². The summed E-state index contributed by atoms with van der Waals surface area (Å²) in [6, 6.07) is 10.9. The smallest absolute Gasteiger partial charge is 0.254 e. The molecule has 4 rings (SSSR count). The summed E-state index contributed by atoms with van der Waals surface area (Å²) in [5.74, 6) is 1.54. The Bertz CT molecular complexity index is 908. The number of carbonyl (C=O) groups is 1. The van der Waals surface area contributed by atoms with Gasteiger partial charge in [-0.05, 0) is 32.4 Å². The van der Waals surface area contributed by atoms with Crippen molar-refractivity contribution in [3.63, 3.8) is 0 Å². The second kappa shape index (κ2) is 6.93. The summed E-state index contributed by atoms with van der Waals surface area (Å²) in [5, 5.41) is 0. The van der Waals surface area contributed by atoms with Gasteiger partial charge in [-0.3, -0.25) is 14.5 Å². The average molecular weight is 366 g/mol. The average Bonchev–Trinajstić information content (AvgIpc) is 3.15. The van der Waals surface area contributed by atoms with Crippen LogP contribution in [0, 0.1) is 25.7 Å². The Hall–Kier alpha value is -2.47. The number of fused-ring (bicyclic) bond motifs is 1. The van der Waals surface area contributed by atoms with Crippen molar-refractivity contribution in [2.45, 2.75) is 26.3 Å². The fourth-order valence-corrected chi connectivity index (χ4v) is 4.84. The molecule has 1 aromatic carbocycles. The van der Waals surface area contributed by atoms with E-state index in [0.717, 1.165) is 19.6 Å². The third kappa shape index (κ3) is 3.30. The maximum Gasteiger partial charge on any atom is 0.254 e. The molecule has 3 heterocycles. The van der Waals surface area contributed by atoms with E-state index in [-0.39, 0.29) is 17.9 Å². The van der Waals surface area contributed by atoms with Gasteiger partial charge >= 0.3 is 0 Å². The van der Waals surface area contributed by atoms with E-state index in [1.54, 1.807) is 13.8 Å². The fourth-order valence-electron chi connectivity index (χ4n) is 4.84. The highest BCUT2D eigenvalue weighted by Gasteiger charge is 2.47. The zero-order valence-corrected chi connectivity index (χ0v) is 16.1. The summed E-state index contributed by atoms with van der Waals surface area (Å²) in [6.45, 7) is 6.07. The number of likely N-dealkylation sites (tertiary alicyclic amines) is 2. The number of nitrogens with zero attached hydrogens (tertiary/aromatic N) is 3. The Kier molecular flexibility index (Phi) is 4.60. The summed E-state index contributed by atoms with van der Waals surface area (Å²) >= 11 is 0. The van der Waals surface area contributed by atoms with Gasteiger partial charge in [-0.1, -0.05) is 30.3 Å². The molecule has 142 valence electrons. The number of aromatic amines is 1. The van der Waals surface area contributed by atoms with Crippen molar-refractivity contribution >= 4 is 5.91 Å². The topological polar surface area (TPSA) is 69.3 Å². The van der Waals surface area contributed by atoms with Gasteiger partial charge in [0.05, 0.1) is 6.42 Å². The molecule has 2 saturated heterocycles. The molecule has 2 fully saturated rings. The molecule has 0 saturated carbocycles. The number of hydrogen-bond donors (Lipinski definition) is 1. The first-order chi connectivity index (χ1) is 12.9. The van der Waals surface area contributed by atoms with Gasteiger partial charge in [0.15, 0.2) is 0 Å². The van der Waals surface area contributed by atoms with E-state index in [1.165, 1.54) is 5.56 Å². The second-order valence-corrected chi connectivity index (χ2v) is 7.91. The van der Waals surface area contributed by atoms with Crippen LogP contribution in [-0.2, 0) is 11.2 Å². The highest BCUT2D eigenvalue weighted by Crippen LogP contribution is 2.44. The Labute approximate surface area is 159 Å². The van der Waals surface area contributed by atoms with Crippen molar-refractivity contribution in [1.82, 2.24) is 19.8 Å². The molecule has 2 aromatic rings. The van der Waals surface area contributed by atoms with Crippen molar-refractivity contribution in [2.24, 2.45) is 11.8 Å². The van der Waals surface area contributed by atoms with Crippen LogP contribution in [0.1, 0.15) is 28.7 Å². The van der Waals surface area contributed by atoms with Crippen LogP contribution in [0.15, 0.2) is 35.1 Å². The Balaban J connectivity index is 1.50. The molecule has 0 unspecified atom stereocenters. The summed E-state index contributed by atoms with van der Waals surface area (Å²) in [5.41, 5.74) is 2.25. The summed E-state index contributed by atoms with van der Waals surface area (Å²) < 4.78 is 0. The molecule has 1 amide bonds. The number of hydrogen-bond acceptors (Lipinski definition) is 4. The third-order valence-corrected chi connectivity index (χ3v) is 6.06. The van der Waals surface area contributed by atoms with Gasteiger partial charge in [0, 0.05) is 42.9 Å². The number of aryl methyl sites for hydroxylation is 2. The first-order valence-electron chi connectivity index (χ1n) is 9.53. The normalized spacial score (nSPS) is 25.0. The van der Waals surface area contributed by atoms with Crippen molar-refractivity contribution in [2.75, 3.05) is 26.7 Å². The summed E-state index contributed by atoms with van der Waals surface area (Å²) in [7, 11) is 2.17. The Morgan fingerprint density at radius 3 is 2.63 bits per heavy atom. The largest absolute Gasteiger partial charge is 0.342 e. The molecule has 3 atom stereocenters. The van der Waals surface area contributed by atoms with Crippen LogP contribution < -0.4 is 5.56 Å². The zero-order chi connectivity index (χ0) is 19.1. The minimum absolute atomic E-state index is 0.0260. The van der Waals surface area contributed by atoms with E-state index in [2.05, 4.69) is 46.2 Å². The van der Waals surface area contributed by atoms with Crippen LogP contribution in [0.3, 0.4) is 0 Å². The molecular formula is C21H26N4O2. The zero-order valence-electron chi connectivity index (χ0n) is 16.1. The number of rotatable bonds is 3. The lowest BCUT2D eigenvalue weighted by Crippen LogP contribution is -2.35. The SMILES string of the molecule is Cc1nc(C)c(CC(=O)N2C[C@@H]3CN(C)[C@@H](c4ccccc4)[C@@H]3C2)c(=O)[nH]1. The van der Waals surface area contributed by atoms with Crippen LogP contribution in [0.25, 0.3) is 0 Å². The number of nitrogens with one attached hydrogen (secondary N) is 1. The van der Waals surface area contributed by atoms with Gasteiger partial charge in [-0.25, -0.2) is 4.98 Å². The van der Waals surface area contributed by atoms with E-state index in [4.69, 9.17) is 0 Å². The van der Waals surface area contributed by atoms with E-state index < -0.39 is 0 Å². The Morgan fingerprint density at radius 1 is 1.19 bits per heavy atom. The molecule has 2 aliphatic rings. The highest BCUT2D eigenvalue weighted by atomic mass is 16.2. The quantitative estimate of drug-likeness (QED) is 0.898. The monoisotopic (exact) mass is 366 g/mol. The lowest BCUT2D eigenvalue weighted by Gasteiger charge is -2.27. The fraction of sp³-hybridized carbons (Fsp3) is 0.476. The molecule has 0 spiro atoms. The Morgan fingerprint density at radius 2 is 1.93 bits per heavy atom. The van der Waals surface area contributed by atoms with E-state index in [0.29, 0.717) is 35.0 Å². The molecule has 1 N–H and O–H groups in total. The molecule has 27 heavy (non-hydrogen) atoms. The highest BCUT2D eigenvalue weighted by molar-refractivity contribution is 5.79. The molecule has 6 nitrogen and oxygen atoms in total. The van der Waals surface area contributed by atoms with Crippen molar-refractivity contribution in [3.05, 3.63) is 63.3 Å². The summed E-state index contributed by atoms with van der Waals surface area (Å²) in [4.78, 5) is 36.5. The summed E-state index contributed by atoms with van der Waals surface area (Å²) in [6.07, 6.45) is 0.125. The molecular weight excluding hydrogens is 340 g/mol. The van der Waals surface area contributed by atoms with Crippen LogP contribution >= 0.6 is 0 Å². The first kappa shape index (κ1) is 17.9. The van der Waals surface area contributed by atoms with Gasteiger partial charge < -0.3 is 9.88 Å². The molecule has 6 heteroatoms. The molecule has 0 radical (unpaired) electrons. The third-order valence-electron chi connectivity index (χ3n) is 6.06. The van der Waals surface area contributed by atoms with E-state index in [1.807, 2.05) is 11.0 Å². The minimum atomic E-state index is -0.199. The van der Waals surface area contributed by atoms with Crippen LogP contribution in [0.5, 0.6) is 0 Å². The lowest BCUT2D eigenvalue weighted by atomic mass is 9.90. The lowest BCUT2D eigenvalue weighted by molar-refractivity contribution is -0.129. The number of aromatic nitrogens is 2. The van der Waals surface area contributed by atoms with Crippen LogP contribution in [0.4, 0.5) is 0 Å². The number of H-pyrrole nitrogens is 1. The van der Waals surface area contributed by atoms with Crippen LogP contribution in [-0.4, -0.2) is 52.4 Å². The second-order valence-electron chi connectivity index (χ2n) is 7.91. The first-order valence-corrected chi connectivity index (χ1v) is 9.53. The molecule has 0 aliphatic carbocycles. The number of carbonyl (C=O) groups excluding carboxylic acids is 1. The molecule has 2 aliphatic heterocycles. The van der Waals surface area contributed by atoms with Crippen molar-refractivity contribution in [3.8, 4) is 0 Å². The molecule has 0 bridgehead atoms.